The van der Waals surface area contributed by atoms with E-state index >= 15 is 0 Å². The third-order valence-electron chi connectivity index (χ3n) is 4.69. The normalized spacial score (nSPS) is 10.9. The lowest BCUT2D eigenvalue weighted by atomic mass is 10.2. The Labute approximate surface area is 218 Å². The van der Waals surface area contributed by atoms with Gasteiger partial charge in [0.15, 0.2) is 0 Å². The summed E-state index contributed by atoms with van der Waals surface area (Å²) >= 11 is 1.44. The number of rotatable bonds is 14. The summed E-state index contributed by atoms with van der Waals surface area (Å²) in [5, 5.41) is 9.44. The van der Waals surface area contributed by atoms with E-state index in [1.54, 1.807) is 24.3 Å². The summed E-state index contributed by atoms with van der Waals surface area (Å²) in [6, 6.07) is 17.7. The van der Waals surface area contributed by atoms with Gasteiger partial charge in [0.2, 0.25) is 17.7 Å². The van der Waals surface area contributed by atoms with E-state index in [4.69, 9.17) is 10.6 Å². The second kappa shape index (κ2) is 16.5. The smallest absolute Gasteiger partial charge is 0.407 e. The van der Waals surface area contributed by atoms with E-state index in [9.17, 15) is 24.0 Å². The Kier molecular flexibility index (Phi) is 13.0. The van der Waals surface area contributed by atoms with Gasteiger partial charge in [-0.15, -0.1) is 0 Å². The molecule has 0 aliphatic carbocycles. The zero-order valence-electron chi connectivity index (χ0n) is 20.0. The molecule has 2 aromatic carbocycles. The number of nitrogens with two attached hydrogens (primary N) is 1. The molecule has 0 saturated heterocycles. The quantitative estimate of drug-likeness (QED) is 0.108. The molecule has 1 atom stereocenters. The maximum Gasteiger partial charge on any atom is 0.407 e. The molecule has 12 nitrogen and oxygen atoms in total. The van der Waals surface area contributed by atoms with Crippen molar-refractivity contribution in [3.05, 3.63) is 71.8 Å². The number of thioether (sulfide) groups is 1. The van der Waals surface area contributed by atoms with Gasteiger partial charge in [0, 0.05) is 11.5 Å². The molecule has 0 heterocycles. The lowest BCUT2D eigenvalue weighted by Gasteiger charge is -2.17. The van der Waals surface area contributed by atoms with Crippen LogP contribution in [-0.4, -0.2) is 61.2 Å². The summed E-state index contributed by atoms with van der Waals surface area (Å²) < 4.78 is 4.98. The SMILES string of the molecule is NNC(=O)[C@H](CSCc1ccccc1)NC(=O)CNC(=O)CNC(=O)CNC(=O)OCc1ccccc1. The molecule has 13 heteroatoms. The lowest BCUT2D eigenvalue weighted by molar-refractivity contribution is -0.129. The van der Waals surface area contributed by atoms with Crippen LogP contribution in [0.4, 0.5) is 4.79 Å². The molecule has 0 bridgehead atoms. The van der Waals surface area contributed by atoms with Crippen molar-refractivity contribution < 1.29 is 28.7 Å². The van der Waals surface area contributed by atoms with Gasteiger partial charge >= 0.3 is 6.09 Å². The van der Waals surface area contributed by atoms with Crippen LogP contribution in [-0.2, 0) is 36.3 Å². The molecule has 0 aromatic heterocycles. The predicted molar refractivity (Wildman–Crippen MR) is 138 cm³/mol. The lowest BCUT2D eigenvalue weighted by Crippen LogP contribution is -2.52. The van der Waals surface area contributed by atoms with E-state index in [1.165, 1.54) is 11.8 Å². The Morgan fingerprint density at radius 3 is 1.89 bits per heavy atom. The maximum atomic E-state index is 12.2. The van der Waals surface area contributed by atoms with Crippen molar-refractivity contribution in [2.24, 2.45) is 5.84 Å². The van der Waals surface area contributed by atoms with Gasteiger partial charge in [-0.1, -0.05) is 60.7 Å². The van der Waals surface area contributed by atoms with E-state index in [1.807, 2.05) is 41.8 Å². The second-order valence-electron chi connectivity index (χ2n) is 7.60. The van der Waals surface area contributed by atoms with Crippen LogP contribution in [0.25, 0.3) is 0 Å². The van der Waals surface area contributed by atoms with Crippen LogP contribution in [0.15, 0.2) is 60.7 Å². The fourth-order valence-corrected chi connectivity index (χ4v) is 3.82. The number of alkyl carbamates (subject to hydrolysis) is 1. The molecule has 0 aliphatic heterocycles. The molecule has 5 amide bonds. The summed E-state index contributed by atoms with van der Waals surface area (Å²) in [5.74, 6) is 3.70. The van der Waals surface area contributed by atoms with E-state index in [2.05, 4.69) is 21.3 Å². The van der Waals surface area contributed by atoms with Crippen LogP contribution in [0.5, 0.6) is 0 Å². The van der Waals surface area contributed by atoms with E-state index in [0.717, 1.165) is 11.1 Å². The van der Waals surface area contributed by atoms with Crippen molar-refractivity contribution in [2.75, 3.05) is 25.4 Å². The van der Waals surface area contributed by atoms with Crippen LogP contribution < -0.4 is 32.5 Å². The minimum atomic E-state index is -0.893. The van der Waals surface area contributed by atoms with E-state index in [0.29, 0.717) is 5.75 Å². The first kappa shape index (κ1) is 29.1. The molecule has 2 rings (SSSR count). The van der Waals surface area contributed by atoms with Gasteiger partial charge in [-0.3, -0.25) is 24.6 Å². The van der Waals surface area contributed by atoms with Crippen LogP contribution in [0.2, 0.25) is 0 Å². The van der Waals surface area contributed by atoms with Gasteiger partial charge in [-0.05, 0) is 11.1 Å². The first-order chi connectivity index (χ1) is 17.9. The fraction of sp³-hybridized carbons (Fsp3) is 0.292. The van der Waals surface area contributed by atoms with Gasteiger partial charge in [-0.25, -0.2) is 10.6 Å². The Balaban J connectivity index is 1.61. The van der Waals surface area contributed by atoms with Crippen molar-refractivity contribution in [3.8, 4) is 0 Å². The second-order valence-corrected chi connectivity index (χ2v) is 8.63. The molecule has 0 unspecified atom stereocenters. The zero-order valence-corrected chi connectivity index (χ0v) is 20.8. The van der Waals surface area contributed by atoms with Crippen LogP contribution in [0.3, 0.4) is 0 Å². The first-order valence-electron chi connectivity index (χ1n) is 11.3. The number of carbonyl (C=O) groups excluding carboxylic acids is 5. The number of nitrogens with one attached hydrogen (secondary N) is 5. The van der Waals surface area contributed by atoms with Crippen molar-refractivity contribution >= 4 is 41.5 Å². The van der Waals surface area contributed by atoms with E-state index < -0.39 is 55.4 Å². The Morgan fingerprint density at radius 2 is 1.30 bits per heavy atom. The van der Waals surface area contributed by atoms with Crippen LogP contribution >= 0.6 is 11.8 Å². The average Bonchev–Trinajstić information content (AvgIpc) is 2.92. The molecule has 0 spiro atoms. The van der Waals surface area contributed by atoms with Crippen molar-refractivity contribution in [2.45, 2.75) is 18.4 Å². The minimum Gasteiger partial charge on any atom is -0.445 e. The molecular weight excluding hydrogens is 500 g/mol. The minimum absolute atomic E-state index is 0.0538. The topological polar surface area (TPSA) is 181 Å². The Hall–Kier alpha value is -4.10. The summed E-state index contributed by atoms with van der Waals surface area (Å²) in [5.41, 5.74) is 3.88. The summed E-state index contributed by atoms with van der Waals surface area (Å²) in [7, 11) is 0. The van der Waals surface area contributed by atoms with Gasteiger partial charge in [0.1, 0.15) is 19.2 Å². The van der Waals surface area contributed by atoms with Crippen LogP contribution in [0, 0.1) is 0 Å². The number of hydrazine groups is 1. The summed E-state index contributed by atoms with van der Waals surface area (Å²) in [6.07, 6.45) is -0.780. The number of hydrogen-bond acceptors (Lipinski definition) is 8. The highest BCUT2D eigenvalue weighted by molar-refractivity contribution is 7.98. The largest absolute Gasteiger partial charge is 0.445 e. The standard InChI is InChI=1S/C24H30N6O6S/c25-30-23(34)19(16-37-15-18-9-5-2-6-10-18)29-22(33)13-27-20(31)11-26-21(32)12-28-24(35)36-14-17-7-3-1-4-8-17/h1-10,19H,11-16,25H2,(H,26,32)(H,27,31)(H,28,35)(H,29,33)(H,30,34)/t19-/m0/s1. The number of amides is 5. The molecule has 7 N–H and O–H groups in total. The monoisotopic (exact) mass is 530 g/mol. The highest BCUT2D eigenvalue weighted by Crippen LogP contribution is 2.12. The van der Waals surface area contributed by atoms with Gasteiger partial charge in [0.05, 0.1) is 13.1 Å². The van der Waals surface area contributed by atoms with E-state index in [-0.39, 0.29) is 12.4 Å². The zero-order chi connectivity index (χ0) is 26.9. The van der Waals surface area contributed by atoms with Gasteiger partial charge in [0.25, 0.3) is 5.91 Å². The molecule has 0 fully saturated rings. The van der Waals surface area contributed by atoms with Gasteiger partial charge in [-0.2, -0.15) is 11.8 Å². The molecule has 0 radical (unpaired) electrons. The third kappa shape index (κ3) is 12.4. The molecule has 0 saturated carbocycles. The molecule has 0 aliphatic rings. The summed E-state index contributed by atoms with van der Waals surface area (Å²) in [4.78, 5) is 59.6. The van der Waals surface area contributed by atoms with Crippen molar-refractivity contribution in [3.63, 3.8) is 0 Å². The number of carbonyl (C=O) groups is 5. The van der Waals surface area contributed by atoms with Gasteiger partial charge < -0.3 is 26.0 Å². The number of ether oxygens (including phenoxy) is 1. The Morgan fingerprint density at radius 1 is 0.757 bits per heavy atom. The van der Waals surface area contributed by atoms with Crippen molar-refractivity contribution in [1.82, 2.24) is 26.7 Å². The summed E-state index contributed by atoms with van der Waals surface area (Å²) in [6.45, 7) is -1.15. The third-order valence-corrected chi connectivity index (χ3v) is 5.79. The predicted octanol–water partition coefficient (Wildman–Crippen LogP) is -0.447. The van der Waals surface area contributed by atoms with Crippen molar-refractivity contribution in [1.29, 1.82) is 0 Å². The molecule has 198 valence electrons. The maximum absolute atomic E-state index is 12.2. The Bertz CT molecular complexity index is 1040. The molecular formula is C24H30N6O6S. The first-order valence-corrected chi connectivity index (χ1v) is 12.4. The molecule has 37 heavy (non-hydrogen) atoms. The average molecular weight is 531 g/mol. The fourth-order valence-electron chi connectivity index (χ4n) is 2.81. The highest BCUT2D eigenvalue weighted by Gasteiger charge is 2.20. The number of hydrogen-bond donors (Lipinski definition) is 6. The number of benzene rings is 2. The molecule has 2 aromatic rings. The highest BCUT2D eigenvalue weighted by atomic mass is 32.2. The van der Waals surface area contributed by atoms with Crippen LogP contribution in [0.1, 0.15) is 11.1 Å².